The number of phosphoric acid groups is 2. The third kappa shape index (κ3) is 79.1. The van der Waals surface area contributed by atoms with Gasteiger partial charge in [-0.2, -0.15) is 0 Å². The van der Waals surface area contributed by atoms with E-state index in [4.69, 9.17) is 37.0 Å². The van der Waals surface area contributed by atoms with Gasteiger partial charge in [-0.3, -0.25) is 37.3 Å². The van der Waals surface area contributed by atoms with E-state index in [9.17, 15) is 43.2 Å². The number of rotatable bonds is 86. The summed E-state index contributed by atoms with van der Waals surface area (Å²) in [6.07, 6.45) is 69.6. The first-order valence-corrected chi connectivity index (χ1v) is 48.4. The van der Waals surface area contributed by atoms with E-state index in [0.29, 0.717) is 31.6 Å². The van der Waals surface area contributed by atoms with E-state index >= 15 is 0 Å². The van der Waals surface area contributed by atoms with Crippen LogP contribution in [-0.4, -0.2) is 96.7 Å². The summed E-state index contributed by atoms with van der Waals surface area (Å²) in [5.74, 6) is 0.320. The van der Waals surface area contributed by atoms with E-state index in [0.717, 1.165) is 108 Å². The van der Waals surface area contributed by atoms with Gasteiger partial charge < -0.3 is 33.8 Å². The highest BCUT2D eigenvalue weighted by Gasteiger charge is 2.31. The number of hydrogen-bond donors (Lipinski definition) is 3. The molecule has 19 heteroatoms. The largest absolute Gasteiger partial charge is 0.472 e. The van der Waals surface area contributed by atoms with Crippen molar-refractivity contribution in [3.05, 3.63) is 0 Å². The van der Waals surface area contributed by atoms with Gasteiger partial charge in [0.1, 0.15) is 19.3 Å². The van der Waals surface area contributed by atoms with Crippen LogP contribution in [0.4, 0.5) is 0 Å². The standard InChI is InChI=1S/C88H172O17P2/c1-8-11-12-13-14-15-16-17-32-38-43-48-57-64-71-88(93)105-84(76-99-86(91)70-63-56-51-50-52-59-66-79(4)5)78-103-107(96,97)101-74-82(89)73-100-106(94,95)102-77-83(104-87(92)72-65-58-49-44-39-34-29-25-21-19-23-27-31-36-41-46-54-61-68-81(7)10-3)75-98-85(90)69-62-55-47-42-37-33-28-24-20-18-22-26-30-35-40-45-53-60-67-80(6)9-2/h79-84,89H,8-78H2,1-7H3,(H,94,95)(H,96,97)/t80?,81?,82-,83-,84-/m1/s1. The third-order valence-electron chi connectivity index (χ3n) is 21.4. The maximum atomic E-state index is 13.2. The van der Waals surface area contributed by atoms with E-state index in [1.165, 1.54) is 270 Å². The van der Waals surface area contributed by atoms with E-state index < -0.39 is 97.5 Å². The highest BCUT2D eigenvalue weighted by Crippen LogP contribution is 2.45. The Balaban J connectivity index is 5.19. The van der Waals surface area contributed by atoms with Gasteiger partial charge in [0.2, 0.25) is 0 Å². The Kier molecular flexibility index (Phi) is 76.6. The van der Waals surface area contributed by atoms with Crippen molar-refractivity contribution in [3.8, 4) is 0 Å². The average molecular weight is 1560 g/mol. The number of aliphatic hydroxyl groups excluding tert-OH is 1. The van der Waals surface area contributed by atoms with Gasteiger partial charge in [0, 0.05) is 25.7 Å². The molecule has 0 saturated carbocycles. The smallest absolute Gasteiger partial charge is 0.462 e. The summed E-state index contributed by atoms with van der Waals surface area (Å²) in [5, 5.41) is 10.7. The lowest BCUT2D eigenvalue weighted by atomic mass is 9.99. The lowest BCUT2D eigenvalue weighted by molar-refractivity contribution is -0.161. The highest BCUT2D eigenvalue weighted by molar-refractivity contribution is 7.47. The molecule has 0 fully saturated rings. The van der Waals surface area contributed by atoms with Gasteiger partial charge >= 0.3 is 39.5 Å². The van der Waals surface area contributed by atoms with Crippen LogP contribution in [0.25, 0.3) is 0 Å². The SMILES string of the molecule is CCCCCCCCCCCCCCCCC(=O)O[C@H](COC(=O)CCCCCCCCC(C)C)COP(=O)(O)OC[C@H](O)COP(=O)(O)OC[C@@H](COC(=O)CCCCCCCCCCCCCCCCCCCCC(C)CC)OC(=O)CCCCCCCCCCCCCCCCCCCCC(C)CC. The van der Waals surface area contributed by atoms with Gasteiger partial charge in [-0.25, -0.2) is 9.13 Å². The molecule has 0 aromatic carbocycles. The Morgan fingerprint density at radius 3 is 0.710 bits per heavy atom. The van der Waals surface area contributed by atoms with Crippen LogP contribution in [0.15, 0.2) is 0 Å². The van der Waals surface area contributed by atoms with Crippen LogP contribution in [-0.2, 0) is 65.4 Å². The van der Waals surface area contributed by atoms with Crippen molar-refractivity contribution in [3.63, 3.8) is 0 Å². The molecule has 636 valence electrons. The van der Waals surface area contributed by atoms with Crippen LogP contribution in [0.1, 0.15) is 466 Å². The second-order valence-electron chi connectivity index (χ2n) is 32.6. The van der Waals surface area contributed by atoms with Gasteiger partial charge in [-0.05, 0) is 43.4 Å². The maximum absolute atomic E-state index is 13.2. The molecule has 17 nitrogen and oxygen atoms in total. The van der Waals surface area contributed by atoms with E-state index in [1.807, 2.05) is 0 Å². The van der Waals surface area contributed by atoms with Gasteiger partial charge in [-0.1, -0.05) is 414 Å². The zero-order valence-electron chi connectivity index (χ0n) is 70.6. The van der Waals surface area contributed by atoms with Crippen molar-refractivity contribution in [1.29, 1.82) is 0 Å². The molecule has 107 heavy (non-hydrogen) atoms. The van der Waals surface area contributed by atoms with Crippen LogP contribution in [0, 0.1) is 17.8 Å². The lowest BCUT2D eigenvalue weighted by Gasteiger charge is -2.21. The Morgan fingerprint density at radius 1 is 0.271 bits per heavy atom. The summed E-state index contributed by atoms with van der Waals surface area (Å²) in [7, 11) is -9.93. The van der Waals surface area contributed by atoms with E-state index in [1.54, 1.807) is 0 Å². The first kappa shape index (κ1) is 105. The fourth-order valence-electron chi connectivity index (χ4n) is 13.7. The molecule has 0 bridgehead atoms. The van der Waals surface area contributed by atoms with Crippen LogP contribution in [0.2, 0.25) is 0 Å². The number of hydrogen-bond acceptors (Lipinski definition) is 15. The molecular weight excluding hydrogens is 1390 g/mol. The molecule has 0 spiro atoms. The average Bonchev–Trinajstić information content (AvgIpc) is 0.904. The fourth-order valence-corrected chi connectivity index (χ4v) is 15.2. The topological polar surface area (TPSA) is 237 Å². The summed E-state index contributed by atoms with van der Waals surface area (Å²) >= 11 is 0. The number of carbonyl (C=O) groups is 4. The Hall–Kier alpha value is -1.94. The third-order valence-corrected chi connectivity index (χ3v) is 23.3. The minimum Gasteiger partial charge on any atom is -0.462 e. The van der Waals surface area contributed by atoms with Crippen molar-refractivity contribution < 1.29 is 80.2 Å². The Bertz CT molecular complexity index is 2060. The van der Waals surface area contributed by atoms with Gasteiger partial charge in [0.25, 0.3) is 0 Å². The van der Waals surface area contributed by atoms with Crippen LogP contribution < -0.4 is 0 Å². The van der Waals surface area contributed by atoms with Gasteiger partial charge in [-0.15, -0.1) is 0 Å². The highest BCUT2D eigenvalue weighted by atomic mass is 31.2. The second-order valence-corrected chi connectivity index (χ2v) is 35.5. The quantitative estimate of drug-likeness (QED) is 0.0222. The zero-order chi connectivity index (χ0) is 78.6. The summed E-state index contributed by atoms with van der Waals surface area (Å²) in [5.41, 5.74) is 0. The molecule has 7 atom stereocenters. The van der Waals surface area contributed by atoms with Crippen LogP contribution >= 0.6 is 15.6 Å². The number of unbranched alkanes of at least 4 members (excludes halogenated alkanes) is 52. The summed E-state index contributed by atoms with van der Waals surface area (Å²) in [4.78, 5) is 73.2. The summed E-state index contributed by atoms with van der Waals surface area (Å²) < 4.78 is 68.9. The second kappa shape index (κ2) is 78.0. The number of ether oxygens (including phenoxy) is 4. The molecule has 0 aliphatic heterocycles. The Labute approximate surface area is 658 Å². The molecule has 0 amide bonds. The maximum Gasteiger partial charge on any atom is 0.472 e. The fraction of sp³-hybridized carbons (Fsp3) is 0.955. The summed E-state index contributed by atoms with van der Waals surface area (Å²) in [6.45, 7) is 12.0. The minimum atomic E-state index is -4.97. The molecule has 4 unspecified atom stereocenters. The molecule has 0 radical (unpaired) electrons. The zero-order valence-corrected chi connectivity index (χ0v) is 72.4. The first-order valence-electron chi connectivity index (χ1n) is 45.4. The monoisotopic (exact) mass is 1560 g/mol. The molecule has 3 N–H and O–H groups in total. The molecule has 0 aromatic heterocycles. The van der Waals surface area contributed by atoms with E-state index in [2.05, 4.69) is 48.5 Å². The number of aliphatic hydroxyl groups is 1. The molecule has 0 heterocycles. The number of phosphoric ester groups is 2. The molecule has 0 aliphatic carbocycles. The summed E-state index contributed by atoms with van der Waals surface area (Å²) in [6, 6.07) is 0. The lowest BCUT2D eigenvalue weighted by Crippen LogP contribution is -2.30. The van der Waals surface area contributed by atoms with Gasteiger partial charge in [0.05, 0.1) is 26.4 Å². The predicted octanol–water partition coefficient (Wildman–Crippen LogP) is 26.9. The van der Waals surface area contributed by atoms with Crippen molar-refractivity contribution in [2.45, 2.75) is 484 Å². The van der Waals surface area contributed by atoms with E-state index in [-0.39, 0.29) is 25.7 Å². The first-order chi connectivity index (χ1) is 51.8. The van der Waals surface area contributed by atoms with Gasteiger partial charge in [0.15, 0.2) is 12.2 Å². The van der Waals surface area contributed by atoms with Crippen molar-refractivity contribution in [1.82, 2.24) is 0 Å². The molecule has 0 saturated heterocycles. The number of carbonyl (C=O) groups excluding carboxylic acids is 4. The van der Waals surface area contributed by atoms with Crippen molar-refractivity contribution in [2.75, 3.05) is 39.6 Å². The van der Waals surface area contributed by atoms with Crippen molar-refractivity contribution in [2.24, 2.45) is 17.8 Å². The Morgan fingerprint density at radius 2 is 0.477 bits per heavy atom. The van der Waals surface area contributed by atoms with Crippen molar-refractivity contribution >= 4 is 39.5 Å². The molecule has 0 aromatic rings. The van der Waals surface area contributed by atoms with Crippen LogP contribution in [0.3, 0.4) is 0 Å². The molecular formula is C88H172O17P2. The van der Waals surface area contributed by atoms with Crippen LogP contribution in [0.5, 0.6) is 0 Å². The predicted molar refractivity (Wildman–Crippen MR) is 441 cm³/mol. The minimum absolute atomic E-state index is 0.107. The normalized spacial score (nSPS) is 14.3. The molecule has 0 aliphatic rings. The molecule has 0 rings (SSSR count). The number of esters is 4.